The minimum Gasteiger partial charge on any atom is -0.448 e. The monoisotopic (exact) mass is 816 g/mol. The second-order valence-corrected chi connectivity index (χ2v) is 13.8. The Labute approximate surface area is 343 Å². The Kier molecular flexibility index (Phi) is 18.4. The molecule has 16 nitrogen and oxygen atoms in total. The van der Waals surface area contributed by atoms with Crippen molar-refractivity contribution in [3.8, 4) is 0 Å². The molecule has 0 radical (unpaired) electrons. The van der Waals surface area contributed by atoms with Crippen molar-refractivity contribution in [2.24, 2.45) is 5.41 Å². The van der Waals surface area contributed by atoms with E-state index in [1.165, 1.54) is 7.11 Å². The number of carbonyl (C=O) groups is 4. The highest BCUT2D eigenvalue weighted by Crippen LogP contribution is 2.21. The van der Waals surface area contributed by atoms with Crippen LogP contribution in [0.1, 0.15) is 36.1 Å². The summed E-state index contributed by atoms with van der Waals surface area (Å²) in [4.78, 5) is 49.0. The molecule has 0 aromatic heterocycles. The van der Waals surface area contributed by atoms with Gasteiger partial charge in [0.15, 0.2) is 0 Å². The summed E-state index contributed by atoms with van der Waals surface area (Å²) in [5.74, 6) is 0. The quantitative estimate of drug-likeness (QED) is 0.0379. The van der Waals surface area contributed by atoms with E-state index in [0.717, 1.165) is 22.3 Å². The summed E-state index contributed by atoms with van der Waals surface area (Å²) in [6.45, 7) is 2.63. The van der Waals surface area contributed by atoms with Crippen LogP contribution in [0.4, 0.5) is 41.9 Å². The van der Waals surface area contributed by atoms with Gasteiger partial charge in [-0.05, 0) is 97.5 Å². The lowest BCUT2D eigenvalue weighted by Gasteiger charge is -2.28. The number of amides is 4. The van der Waals surface area contributed by atoms with Crippen LogP contribution < -0.4 is 21.3 Å². The molecule has 0 saturated heterocycles. The van der Waals surface area contributed by atoms with Gasteiger partial charge in [0.2, 0.25) is 0 Å². The number of rotatable bonds is 21. The number of carbonyl (C=O) groups excluding carboxylic acids is 4. The Morgan fingerprint density at radius 1 is 0.492 bits per heavy atom. The summed E-state index contributed by atoms with van der Waals surface area (Å²) in [6.07, 6.45) is -1.52. The Morgan fingerprint density at radius 3 is 1.08 bits per heavy atom. The second-order valence-electron chi connectivity index (χ2n) is 13.8. The van der Waals surface area contributed by atoms with Gasteiger partial charge in [-0.1, -0.05) is 48.5 Å². The van der Waals surface area contributed by atoms with Gasteiger partial charge in [-0.15, -0.1) is 0 Å². The zero-order chi connectivity index (χ0) is 42.5. The maximum Gasteiger partial charge on any atom is 0.411 e. The van der Waals surface area contributed by atoms with Crippen molar-refractivity contribution >= 4 is 47.1 Å². The Balaban J connectivity index is 1.16. The number of nitrogens with one attached hydrogen (secondary N) is 4. The van der Waals surface area contributed by atoms with Crippen LogP contribution in [-0.4, -0.2) is 101 Å². The van der Waals surface area contributed by atoms with E-state index in [9.17, 15) is 29.4 Å². The predicted molar refractivity (Wildman–Crippen MR) is 221 cm³/mol. The molecule has 0 heterocycles. The zero-order valence-electron chi connectivity index (χ0n) is 33.4. The fourth-order valence-electron chi connectivity index (χ4n) is 5.26. The van der Waals surface area contributed by atoms with Gasteiger partial charge in [-0.2, -0.15) is 0 Å². The molecule has 4 aromatic rings. The van der Waals surface area contributed by atoms with Crippen LogP contribution in [0.2, 0.25) is 0 Å². The number of benzene rings is 4. The van der Waals surface area contributed by atoms with E-state index in [-0.39, 0.29) is 19.3 Å². The van der Waals surface area contributed by atoms with Crippen molar-refractivity contribution in [1.82, 2.24) is 0 Å². The van der Waals surface area contributed by atoms with Crippen molar-refractivity contribution in [2.45, 2.75) is 32.8 Å². The van der Waals surface area contributed by atoms with Crippen molar-refractivity contribution in [2.75, 3.05) is 81.2 Å². The van der Waals surface area contributed by atoms with E-state index in [0.29, 0.717) is 48.8 Å². The van der Waals surface area contributed by atoms with Gasteiger partial charge in [-0.25, -0.2) is 19.2 Å². The third-order valence-electron chi connectivity index (χ3n) is 8.60. The molecule has 4 amide bonds. The molecule has 0 saturated carbocycles. The molecule has 0 spiro atoms. The van der Waals surface area contributed by atoms with E-state index in [1.54, 1.807) is 48.5 Å². The number of aliphatic hydroxyl groups excluding tert-OH is 2. The summed E-state index contributed by atoms with van der Waals surface area (Å²) in [5, 5.41) is 30.6. The van der Waals surface area contributed by atoms with E-state index in [1.807, 2.05) is 62.4 Å². The molecule has 316 valence electrons. The number of anilines is 4. The fraction of sp³-hybridized carbons (Fsp3) is 0.349. The van der Waals surface area contributed by atoms with Crippen molar-refractivity contribution in [1.29, 1.82) is 0 Å². The molecule has 16 heteroatoms. The second kappa shape index (κ2) is 23.9. The highest BCUT2D eigenvalue weighted by Gasteiger charge is 2.33. The Hall–Kier alpha value is -6.20. The van der Waals surface area contributed by atoms with Crippen molar-refractivity contribution in [3.05, 3.63) is 119 Å². The maximum atomic E-state index is 12.6. The average molecular weight is 817 g/mol. The lowest BCUT2D eigenvalue weighted by Crippen LogP contribution is -2.42. The molecule has 59 heavy (non-hydrogen) atoms. The molecule has 0 aliphatic heterocycles. The largest absolute Gasteiger partial charge is 0.448 e. The summed E-state index contributed by atoms with van der Waals surface area (Å²) in [7, 11) is 1.52. The molecule has 6 N–H and O–H groups in total. The first kappa shape index (κ1) is 45.5. The molecule has 0 fully saturated rings. The third-order valence-corrected chi connectivity index (χ3v) is 8.60. The van der Waals surface area contributed by atoms with Gasteiger partial charge in [0.1, 0.15) is 26.4 Å². The lowest BCUT2D eigenvalue weighted by atomic mass is 9.92. The first-order valence-electron chi connectivity index (χ1n) is 18.9. The van der Waals surface area contributed by atoms with E-state index in [2.05, 4.69) is 21.3 Å². The first-order valence-corrected chi connectivity index (χ1v) is 18.9. The summed E-state index contributed by atoms with van der Waals surface area (Å²) < 4.78 is 30.9. The highest BCUT2D eigenvalue weighted by molar-refractivity contribution is 5.86. The molecule has 0 bridgehead atoms. The predicted octanol–water partition coefficient (Wildman–Crippen LogP) is 6.80. The average Bonchev–Trinajstić information content (AvgIpc) is 3.23. The molecular weight excluding hydrogens is 764 g/mol. The van der Waals surface area contributed by atoms with Gasteiger partial charge in [0.05, 0.1) is 37.9 Å². The van der Waals surface area contributed by atoms with Crippen LogP contribution in [0, 0.1) is 5.41 Å². The summed E-state index contributed by atoms with van der Waals surface area (Å²) >= 11 is 0. The smallest absolute Gasteiger partial charge is 0.411 e. The Morgan fingerprint density at radius 2 is 0.797 bits per heavy atom. The summed E-state index contributed by atoms with van der Waals surface area (Å²) in [5.41, 5.74) is 4.58. The SMILES string of the molecule is COCCOC(=O)Nc1ccc(Cc2ccc(NC(=O)OCC(CO)(CO)COC(=O)Nc3ccc(Cc4ccc(NC(=O)OCCOC(C)C)cc4)cc3)cc2)cc1. The molecule has 0 aliphatic carbocycles. The van der Waals surface area contributed by atoms with E-state index >= 15 is 0 Å². The molecule has 0 atom stereocenters. The molecule has 0 aliphatic rings. The van der Waals surface area contributed by atoms with E-state index in [4.69, 9.17) is 28.4 Å². The summed E-state index contributed by atoms with van der Waals surface area (Å²) in [6, 6.07) is 28.8. The molecule has 4 rings (SSSR count). The first-order chi connectivity index (χ1) is 28.5. The number of aliphatic hydroxyl groups is 2. The molecule has 0 unspecified atom stereocenters. The number of hydrogen-bond donors (Lipinski definition) is 6. The van der Waals surface area contributed by atoms with Gasteiger partial charge >= 0.3 is 24.4 Å². The highest BCUT2D eigenvalue weighted by atomic mass is 16.6. The third kappa shape index (κ3) is 16.7. The minimum absolute atomic E-state index is 0.0611. The van der Waals surface area contributed by atoms with Crippen LogP contribution in [0.25, 0.3) is 0 Å². The normalized spacial score (nSPS) is 11.0. The van der Waals surface area contributed by atoms with Gasteiger partial charge < -0.3 is 38.6 Å². The number of ether oxygens (including phenoxy) is 6. The van der Waals surface area contributed by atoms with Crippen LogP contribution >= 0.6 is 0 Å². The van der Waals surface area contributed by atoms with Crippen LogP contribution in [0.15, 0.2) is 97.1 Å². The standard InChI is InChI=1S/C43H52N4O12/c1-30(2)55-22-23-57-40(51)45-36-14-6-32(7-15-36)25-34-10-18-38(19-11-34)47-42(53)59-29-43(26-48,27-49)28-58-41(52)46-37-16-8-33(9-17-37)24-31-4-12-35(13-5-31)44-39(50)56-21-20-54-3/h4-19,30,48-49H,20-29H2,1-3H3,(H,44,50)(H,45,51)(H,46,52)(H,47,53). The lowest BCUT2D eigenvalue weighted by molar-refractivity contribution is -0.0378. The fourth-order valence-corrected chi connectivity index (χ4v) is 5.26. The van der Waals surface area contributed by atoms with Crippen LogP contribution in [0.3, 0.4) is 0 Å². The number of hydrogen-bond acceptors (Lipinski definition) is 12. The van der Waals surface area contributed by atoms with Crippen LogP contribution in [0.5, 0.6) is 0 Å². The van der Waals surface area contributed by atoms with Gasteiger partial charge in [0, 0.05) is 29.9 Å². The van der Waals surface area contributed by atoms with Crippen LogP contribution in [-0.2, 0) is 41.3 Å². The zero-order valence-corrected chi connectivity index (χ0v) is 33.4. The van der Waals surface area contributed by atoms with Crippen molar-refractivity contribution in [3.63, 3.8) is 0 Å². The molecular formula is C43H52N4O12. The molecule has 4 aromatic carbocycles. The Bertz CT molecular complexity index is 1900. The number of methoxy groups -OCH3 is 1. The minimum atomic E-state index is -1.45. The van der Waals surface area contributed by atoms with Gasteiger partial charge in [0.25, 0.3) is 0 Å². The topological polar surface area (TPSA) is 212 Å². The van der Waals surface area contributed by atoms with Gasteiger partial charge in [-0.3, -0.25) is 21.3 Å². The maximum absolute atomic E-state index is 12.6. The van der Waals surface area contributed by atoms with E-state index < -0.39 is 56.2 Å². The van der Waals surface area contributed by atoms with Crippen molar-refractivity contribution < 1.29 is 57.8 Å².